The zero-order valence-electron chi connectivity index (χ0n) is 18.7. The van der Waals surface area contributed by atoms with Gasteiger partial charge in [0.15, 0.2) is 0 Å². The lowest BCUT2D eigenvalue weighted by molar-refractivity contribution is -0.114. The molecule has 0 spiro atoms. The van der Waals surface area contributed by atoms with Gasteiger partial charge >= 0.3 is 11.9 Å². The van der Waals surface area contributed by atoms with Crippen LogP contribution in [-0.2, 0) is 24.3 Å². The summed E-state index contributed by atoms with van der Waals surface area (Å²) in [5.41, 5.74) is 0.196. The number of amides is 1. The number of halogens is 1. The fourth-order valence-electron chi connectivity index (χ4n) is 3.14. The van der Waals surface area contributed by atoms with Gasteiger partial charge in [0.2, 0.25) is 5.91 Å². The van der Waals surface area contributed by atoms with Gasteiger partial charge in [-0.1, -0.05) is 29.8 Å². The van der Waals surface area contributed by atoms with Crippen molar-refractivity contribution in [2.45, 2.75) is 4.90 Å². The van der Waals surface area contributed by atoms with Crippen LogP contribution in [0.5, 0.6) is 0 Å². The highest BCUT2D eigenvalue weighted by Crippen LogP contribution is 2.26. The second kappa shape index (κ2) is 11.0. The summed E-state index contributed by atoms with van der Waals surface area (Å²) in [5.74, 6) is -2.22. The van der Waals surface area contributed by atoms with Crippen molar-refractivity contribution in [2.75, 3.05) is 30.4 Å². The minimum atomic E-state index is -4.15. The summed E-state index contributed by atoms with van der Waals surface area (Å²) in [7, 11) is -1.80. The predicted octanol–water partition coefficient (Wildman–Crippen LogP) is 3.75. The van der Waals surface area contributed by atoms with Crippen molar-refractivity contribution in [2.24, 2.45) is 0 Å². The zero-order valence-corrected chi connectivity index (χ0v) is 20.3. The number of hydrogen-bond donors (Lipinski definition) is 1. The Kier molecular flexibility index (Phi) is 8.10. The van der Waals surface area contributed by atoms with Gasteiger partial charge in [0.1, 0.15) is 6.54 Å². The Morgan fingerprint density at radius 1 is 0.886 bits per heavy atom. The summed E-state index contributed by atoms with van der Waals surface area (Å²) in [4.78, 5) is 37.1. The molecule has 3 aromatic rings. The van der Waals surface area contributed by atoms with Crippen LogP contribution in [0.1, 0.15) is 20.7 Å². The van der Waals surface area contributed by atoms with E-state index >= 15 is 0 Å². The molecule has 11 heteroatoms. The molecule has 0 saturated heterocycles. The first-order chi connectivity index (χ1) is 16.7. The number of nitrogens with zero attached hydrogens (tertiary/aromatic N) is 1. The fourth-order valence-corrected chi connectivity index (χ4v) is 4.71. The molecule has 35 heavy (non-hydrogen) atoms. The maximum Gasteiger partial charge on any atom is 0.339 e. The lowest BCUT2D eigenvalue weighted by atomic mass is 10.1. The predicted molar refractivity (Wildman–Crippen MR) is 130 cm³/mol. The molecule has 0 bridgehead atoms. The van der Waals surface area contributed by atoms with Crippen LogP contribution in [0.25, 0.3) is 0 Å². The van der Waals surface area contributed by atoms with E-state index in [2.05, 4.69) is 10.1 Å². The van der Waals surface area contributed by atoms with E-state index in [4.69, 9.17) is 16.3 Å². The first-order valence-corrected chi connectivity index (χ1v) is 11.9. The molecule has 0 aliphatic heterocycles. The Labute approximate surface area is 207 Å². The molecule has 0 aliphatic carbocycles. The number of sulfonamides is 1. The number of ether oxygens (including phenoxy) is 2. The van der Waals surface area contributed by atoms with Crippen LogP contribution in [0.4, 0.5) is 11.4 Å². The Morgan fingerprint density at radius 3 is 2.11 bits per heavy atom. The number of anilines is 2. The lowest BCUT2D eigenvalue weighted by Crippen LogP contribution is -2.38. The molecule has 0 heterocycles. The summed E-state index contributed by atoms with van der Waals surface area (Å²) in [5, 5.41) is 2.89. The van der Waals surface area contributed by atoms with Crippen molar-refractivity contribution in [3.63, 3.8) is 0 Å². The fraction of sp³-hybridized carbons (Fsp3) is 0.125. The third-order valence-corrected chi connectivity index (χ3v) is 6.89. The van der Waals surface area contributed by atoms with E-state index in [1.807, 2.05) is 0 Å². The van der Waals surface area contributed by atoms with Gasteiger partial charge in [-0.3, -0.25) is 9.10 Å². The quantitative estimate of drug-likeness (QED) is 0.453. The summed E-state index contributed by atoms with van der Waals surface area (Å²) < 4.78 is 37.1. The van der Waals surface area contributed by atoms with Gasteiger partial charge in [0.05, 0.1) is 41.6 Å². The maximum absolute atomic E-state index is 13.4. The number of benzene rings is 3. The SMILES string of the molecule is COC(=O)c1ccc(C(=O)OC)c(NC(=O)CN(c2ccc(Cl)cc2)S(=O)(=O)c2ccccc2)c1. The van der Waals surface area contributed by atoms with Gasteiger partial charge in [-0.25, -0.2) is 18.0 Å². The van der Waals surface area contributed by atoms with Crippen molar-refractivity contribution in [3.05, 3.63) is 88.9 Å². The van der Waals surface area contributed by atoms with Crippen LogP contribution in [-0.4, -0.2) is 47.0 Å². The van der Waals surface area contributed by atoms with Crippen molar-refractivity contribution in [1.82, 2.24) is 0 Å². The van der Waals surface area contributed by atoms with Gasteiger partial charge < -0.3 is 14.8 Å². The average Bonchev–Trinajstić information content (AvgIpc) is 2.87. The van der Waals surface area contributed by atoms with E-state index < -0.39 is 34.4 Å². The van der Waals surface area contributed by atoms with Crippen LogP contribution in [0.3, 0.4) is 0 Å². The minimum Gasteiger partial charge on any atom is -0.465 e. The van der Waals surface area contributed by atoms with Crippen molar-refractivity contribution < 1.29 is 32.3 Å². The zero-order chi connectivity index (χ0) is 25.6. The summed E-state index contributed by atoms with van der Waals surface area (Å²) >= 11 is 5.94. The highest BCUT2D eigenvalue weighted by Gasteiger charge is 2.28. The van der Waals surface area contributed by atoms with Gasteiger partial charge in [-0.15, -0.1) is 0 Å². The molecule has 3 aromatic carbocycles. The number of hydrogen-bond acceptors (Lipinski definition) is 7. The van der Waals surface area contributed by atoms with Gasteiger partial charge in [-0.2, -0.15) is 0 Å². The standard InChI is InChI=1S/C24H21ClN2O7S/c1-33-23(29)16-8-13-20(24(30)34-2)21(14-16)26-22(28)15-27(18-11-9-17(25)10-12-18)35(31,32)19-6-4-3-5-7-19/h3-14H,15H2,1-2H3,(H,26,28). The number of methoxy groups -OCH3 is 2. The molecule has 0 aromatic heterocycles. The third-order valence-electron chi connectivity index (χ3n) is 4.85. The van der Waals surface area contributed by atoms with E-state index in [0.29, 0.717) is 5.02 Å². The molecule has 9 nitrogen and oxygen atoms in total. The minimum absolute atomic E-state index is 0.0225. The number of carbonyl (C=O) groups excluding carboxylic acids is 3. The highest BCUT2D eigenvalue weighted by atomic mass is 35.5. The molecule has 0 unspecified atom stereocenters. The van der Waals surface area contributed by atoms with Crippen LogP contribution in [0.2, 0.25) is 5.02 Å². The molecule has 0 saturated carbocycles. The van der Waals surface area contributed by atoms with E-state index in [9.17, 15) is 22.8 Å². The molecule has 0 radical (unpaired) electrons. The van der Waals surface area contributed by atoms with Crippen LogP contribution in [0, 0.1) is 0 Å². The Hall–Kier alpha value is -3.89. The van der Waals surface area contributed by atoms with Crippen molar-refractivity contribution in [3.8, 4) is 0 Å². The summed E-state index contributed by atoms with van der Waals surface area (Å²) in [6.07, 6.45) is 0. The van der Waals surface area contributed by atoms with Crippen LogP contribution >= 0.6 is 11.6 Å². The summed E-state index contributed by atoms with van der Waals surface area (Å²) in [6.45, 7) is -0.637. The van der Waals surface area contributed by atoms with Gasteiger partial charge in [-0.05, 0) is 54.6 Å². The van der Waals surface area contributed by atoms with Crippen LogP contribution in [0.15, 0.2) is 77.7 Å². The van der Waals surface area contributed by atoms with E-state index in [0.717, 1.165) is 11.4 Å². The number of rotatable bonds is 8. The molecule has 1 amide bonds. The Balaban J connectivity index is 1.99. The topological polar surface area (TPSA) is 119 Å². The second-order valence-corrected chi connectivity index (χ2v) is 9.39. The molecule has 1 N–H and O–H groups in total. The number of esters is 2. The van der Waals surface area contributed by atoms with Gasteiger partial charge in [0.25, 0.3) is 10.0 Å². The van der Waals surface area contributed by atoms with E-state index in [1.165, 1.54) is 61.7 Å². The normalized spacial score (nSPS) is 10.8. The van der Waals surface area contributed by atoms with Gasteiger partial charge in [0, 0.05) is 5.02 Å². The molecule has 3 rings (SSSR count). The van der Waals surface area contributed by atoms with Crippen LogP contribution < -0.4 is 9.62 Å². The summed E-state index contributed by atoms with van der Waals surface area (Å²) in [6, 6.07) is 17.4. The first-order valence-electron chi connectivity index (χ1n) is 10.1. The van der Waals surface area contributed by atoms with Crippen molar-refractivity contribution in [1.29, 1.82) is 0 Å². The second-order valence-electron chi connectivity index (χ2n) is 7.09. The maximum atomic E-state index is 13.4. The molecule has 0 fully saturated rings. The molecular formula is C24H21ClN2O7S. The third kappa shape index (κ3) is 5.97. The number of nitrogens with one attached hydrogen (secondary N) is 1. The molecule has 0 atom stereocenters. The lowest BCUT2D eigenvalue weighted by Gasteiger charge is -2.24. The smallest absolute Gasteiger partial charge is 0.339 e. The highest BCUT2D eigenvalue weighted by molar-refractivity contribution is 7.92. The van der Waals surface area contributed by atoms with Crippen molar-refractivity contribution >= 4 is 50.8 Å². The largest absolute Gasteiger partial charge is 0.465 e. The monoisotopic (exact) mass is 516 g/mol. The Morgan fingerprint density at radius 2 is 1.51 bits per heavy atom. The Bertz CT molecular complexity index is 1340. The number of carbonyl (C=O) groups is 3. The molecule has 0 aliphatic rings. The molecular weight excluding hydrogens is 496 g/mol. The average molecular weight is 517 g/mol. The van der Waals surface area contributed by atoms with E-state index in [1.54, 1.807) is 18.2 Å². The first kappa shape index (κ1) is 25.7. The van der Waals surface area contributed by atoms with E-state index in [-0.39, 0.29) is 27.4 Å². The molecule has 182 valence electrons.